The van der Waals surface area contributed by atoms with E-state index in [1.54, 1.807) is 38.1 Å². The highest BCUT2D eigenvalue weighted by Gasteiger charge is 2.06. The summed E-state index contributed by atoms with van der Waals surface area (Å²) in [6.45, 7) is 3.44. The van der Waals surface area contributed by atoms with Crippen molar-refractivity contribution in [3.8, 4) is 0 Å². The summed E-state index contributed by atoms with van der Waals surface area (Å²) in [5.41, 5.74) is 1.23. The van der Waals surface area contributed by atoms with E-state index in [4.69, 9.17) is 4.74 Å². The number of aliphatic hydroxyl groups excluding tert-OH is 1. The maximum absolute atomic E-state index is 11.4. The number of hydrogen-bond donors (Lipinski definition) is 1. The average molecular weight is 206 g/mol. The zero-order valence-corrected chi connectivity index (χ0v) is 8.86. The van der Waals surface area contributed by atoms with Crippen LogP contribution in [0.25, 0.3) is 0 Å². The molecule has 3 heteroatoms. The van der Waals surface area contributed by atoms with Gasteiger partial charge in [0.1, 0.15) is 12.4 Å². The van der Waals surface area contributed by atoms with Crippen LogP contribution in [0.15, 0.2) is 41.7 Å². The molecule has 0 aliphatic heterocycles. The number of esters is 1. The van der Waals surface area contributed by atoms with E-state index in [0.717, 1.165) is 5.57 Å². The van der Waals surface area contributed by atoms with E-state index in [1.165, 1.54) is 0 Å². The minimum Gasteiger partial charge on any atom is -0.509 e. The number of benzene rings is 1. The molecule has 0 heterocycles. The quantitative estimate of drug-likeness (QED) is 0.611. The number of carbonyl (C=O) groups is 1. The lowest BCUT2D eigenvalue weighted by atomic mass is 10.2. The molecule has 0 saturated heterocycles. The normalized spacial score (nSPS) is 9.47. The Morgan fingerprint density at radius 1 is 1.27 bits per heavy atom. The van der Waals surface area contributed by atoms with Gasteiger partial charge in [-0.1, -0.05) is 18.2 Å². The van der Waals surface area contributed by atoms with Crippen LogP contribution in [0, 0.1) is 0 Å². The van der Waals surface area contributed by atoms with E-state index in [0.29, 0.717) is 5.56 Å². The molecule has 0 unspecified atom stereocenters. The van der Waals surface area contributed by atoms with Crippen LogP contribution in [-0.2, 0) is 4.74 Å². The Hall–Kier alpha value is -1.77. The molecule has 0 radical (unpaired) electrons. The Kier molecular flexibility index (Phi) is 3.92. The molecule has 0 bridgehead atoms. The van der Waals surface area contributed by atoms with Crippen molar-refractivity contribution in [1.82, 2.24) is 0 Å². The van der Waals surface area contributed by atoms with Crippen LogP contribution >= 0.6 is 0 Å². The fraction of sp³-hybridized carbons (Fsp3) is 0.250. The van der Waals surface area contributed by atoms with Crippen LogP contribution in [-0.4, -0.2) is 17.7 Å². The van der Waals surface area contributed by atoms with Gasteiger partial charge in [0.15, 0.2) is 0 Å². The first-order valence-electron chi connectivity index (χ1n) is 4.68. The topological polar surface area (TPSA) is 46.5 Å². The highest BCUT2D eigenvalue weighted by molar-refractivity contribution is 5.89. The average Bonchev–Trinajstić information content (AvgIpc) is 2.26. The van der Waals surface area contributed by atoms with Crippen molar-refractivity contribution in [2.24, 2.45) is 0 Å². The first-order valence-corrected chi connectivity index (χ1v) is 4.68. The molecule has 0 aliphatic rings. The molecule has 1 aromatic rings. The lowest BCUT2D eigenvalue weighted by molar-refractivity contribution is 0.0499. The van der Waals surface area contributed by atoms with Crippen molar-refractivity contribution in [1.29, 1.82) is 0 Å². The van der Waals surface area contributed by atoms with Gasteiger partial charge in [0.05, 0.1) is 5.56 Å². The van der Waals surface area contributed by atoms with Crippen LogP contribution in [0.1, 0.15) is 24.2 Å². The summed E-state index contributed by atoms with van der Waals surface area (Å²) >= 11 is 0. The predicted molar refractivity (Wildman–Crippen MR) is 57.7 cm³/mol. The third-order valence-electron chi connectivity index (χ3n) is 1.93. The molecule has 0 saturated carbocycles. The van der Waals surface area contributed by atoms with Crippen molar-refractivity contribution in [3.63, 3.8) is 0 Å². The smallest absolute Gasteiger partial charge is 0.338 e. The number of ether oxygens (including phenoxy) is 1. The zero-order valence-electron chi connectivity index (χ0n) is 8.86. The molecule has 0 fully saturated rings. The summed E-state index contributed by atoms with van der Waals surface area (Å²) < 4.78 is 4.90. The third kappa shape index (κ3) is 3.46. The van der Waals surface area contributed by atoms with Gasteiger partial charge in [-0.15, -0.1) is 0 Å². The maximum Gasteiger partial charge on any atom is 0.338 e. The summed E-state index contributed by atoms with van der Waals surface area (Å²) in [5, 5.41) is 9.32. The second-order valence-electron chi connectivity index (χ2n) is 3.39. The Morgan fingerprint density at radius 2 is 1.87 bits per heavy atom. The van der Waals surface area contributed by atoms with Gasteiger partial charge in [0, 0.05) is 0 Å². The number of aliphatic hydroxyl groups is 1. The zero-order chi connectivity index (χ0) is 11.3. The second-order valence-corrected chi connectivity index (χ2v) is 3.39. The van der Waals surface area contributed by atoms with Gasteiger partial charge in [0.2, 0.25) is 0 Å². The minimum atomic E-state index is -0.427. The Balaban J connectivity index is 2.55. The summed E-state index contributed by atoms with van der Waals surface area (Å²) in [6, 6.07) is 8.68. The Bertz CT molecular complexity index is 362. The minimum absolute atomic E-state index is 0.0734. The molecule has 1 rings (SSSR count). The Morgan fingerprint density at radius 3 is 2.40 bits per heavy atom. The van der Waals surface area contributed by atoms with Crippen molar-refractivity contribution >= 4 is 5.97 Å². The number of carbonyl (C=O) groups excluding carboxylic acids is 1. The first kappa shape index (κ1) is 11.3. The summed E-state index contributed by atoms with van der Waals surface area (Å²) in [4.78, 5) is 11.4. The van der Waals surface area contributed by atoms with Gasteiger partial charge in [-0.05, 0) is 31.6 Å². The SMILES string of the molecule is CC(C)=C(O)COC(=O)c1ccccc1. The van der Waals surface area contributed by atoms with Gasteiger partial charge < -0.3 is 9.84 Å². The highest BCUT2D eigenvalue weighted by Crippen LogP contribution is 2.04. The molecule has 1 N–H and O–H groups in total. The van der Waals surface area contributed by atoms with E-state index in [1.807, 2.05) is 6.07 Å². The molecule has 1 aromatic carbocycles. The molecular formula is C12H14O3. The second kappa shape index (κ2) is 5.20. The molecular weight excluding hydrogens is 192 g/mol. The van der Waals surface area contributed by atoms with Crippen LogP contribution < -0.4 is 0 Å². The largest absolute Gasteiger partial charge is 0.509 e. The van der Waals surface area contributed by atoms with Crippen molar-refractivity contribution in [2.45, 2.75) is 13.8 Å². The van der Waals surface area contributed by atoms with E-state index in [-0.39, 0.29) is 12.4 Å². The van der Waals surface area contributed by atoms with Gasteiger partial charge in [0.25, 0.3) is 0 Å². The van der Waals surface area contributed by atoms with Gasteiger partial charge >= 0.3 is 5.97 Å². The fourth-order valence-electron chi connectivity index (χ4n) is 0.936. The van der Waals surface area contributed by atoms with Crippen molar-refractivity contribution in [2.75, 3.05) is 6.61 Å². The lowest BCUT2D eigenvalue weighted by Gasteiger charge is -2.05. The monoisotopic (exact) mass is 206 g/mol. The molecule has 0 aliphatic carbocycles. The van der Waals surface area contributed by atoms with Gasteiger partial charge in [-0.25, -0.2) is 4.79 Å². The lowest BCUT2D eigenvalue weighted by Crippen LogP contribution is -2.08. The third-order valence-corrected chi connectivity index (χ3v) is 1.93. The van der Waals surface area contributed by atoms with Crippen LogP contribution in [0.3, 0.4) is 0 Å². The standard InChI is InChI=1S/C12H14O3/c1-9(2)11(13)8-15-12(14)10-6-4-3-5-7-10/h3-7,13H,8H2,1-2H3. The van der Waals surface area contributed by atoms with Crippen LogP contribution in [0.4, 0.5) is 0 Å². The molecule has 0 atom stereocenters. The van der Waals surface area contributed by atoms with Crippen molar-refractivity contribution < 1.29 is 14.6 Å². The molecule has 80 valence electrons. The maximum atomic E-state index is 11.4. The van der Waals surface area contributed by atoms with E-state index >= 15 is 0 Å². The Labute approximate surface area is 89.0 Å². The van der Waals surface area contributed by atoms with E-state index in [9.17, 15) is 9.90 Å². The molecule has 0 amide bonds. The fourth-order valence-corrected chi connectivity index (χ4v) is 0.936. The summed E-state index contributed by atoms with van der Waals surface area (Å²) in [7, 11) is 0. The molecule has 0 spiro atoms. The summed E-state index contributed by atoms with van der Waals surface area (Å²) in [6.07, 6.45) is 0. The van der Waals surface area contributed by atoms with Gasteiger partial charge in [-0.3, -0.25) is 0 Å². The number of allylic oxidation sites excluding steroid dienone is 1. The first-order chi connectivity index (χ1) is 7.11. The number of rotatable bonds is 3. The molecule has 15 heavy (non-hydrogen) atoms. The molecule has 0 aromatic heterocycles. The number of hydrogen-bond acceptors (Lipinski definition) is 3. The van der Waals surface area contributed by atoms with Crippen LogP contribution in [0.5, 0.6) is 0 Å². The highest BCUT2D eigenvalue weighted by atomic mass is 16.5. The van der Waals surface area contributed by atoms with E-state index in [2.05, 4.69) is 0 Å². The van der Waals surface area contributed by atoms with Gasteiger partial charge in [-0.2, -0.15) is 0 Å². The predicted octanol–water partition coefficient (Wildman–Crippen LogP) is 2.70. The molecule has 3 nitrogen and oxygen atoms in total. The van der Waals surface area contributed by atoms with Crippen molar-refractivity contribution in [3.05, 3.63) is 47.2 Å². The van der Waals surface area contributed by atoms with E-state index < -0.39 is 5.97 Å². The van der Waals surface area contributed by atoms with Crippen LogP contribution in [0.2, 0.25) is 0 Å². The summed E-state index contributed by atoms with van der Waals surface area (Å²) in [5.74, 6) is -0.331.